The lowest BCUT2D eigenvalue weighted by atomic mass is 10.1. The first kappa shape index (κ1) is 12.8. The van der Waals surface area contributed by atoms with Crippen LogP contribution in [0.3, 0.4) is 0 Å². The van der Waals surface area contributed by atoms with E-state index in [-0.39, 0.29) is 5.91 Å². The molecule has 2 aromatic heterocycles. The number of hydrogen-bond donors (Lipinski definition) is 1. The molecular weight excluding hydrogens is 280 g/mol. The molecule has 3 heterocycles. The summed E-state index contributed by atoms with van der Waals surface area (Å²) in [5, 5.41) is 3.92. The van der Waals surface area contributed by atoms with Crippen LogP contribution < -0.4 is 0 Å². The van der Waals surface area contributed by atoms with Crippen molar-refractivity contribution in [3.05, 3.63) is 59.8 Å². The number of rotatable bonds is 2. The van der Waals surface area contributed by atoms with E-state index in [1.54, 1.807) is 17.3 Å². The zero-order valence-electron chi connectivity index (χ0n) is 11.8. The van der Waals surface area contributed by atoms with Gasteiger partial charge in [0.25, 0.3) is 5.91 Å². The molecule has 0 fully saturated rings. The summed E-state index contributed by atoms with van der Waals surface area (Å²) in [6.07, 6.45) is 2.43. The third-order valence-corrected chi connectivity index (χ3v) is 3.85. The summed E-state index contributed by atoms with van der Waals surface area (Å²) in [5.74, 6) is 0.481. The van der Waals surface area contributed by atoms with Gasteiger partial charge in [-0.1, -0.05) is 35.5 Å². The summed E-state index contributed by atoms with van der Waals surface area (Å²) < 4.78 is 5.30. The maximum absolute atomic E-state index is 12.5. The van der Waals surface area contributed by atoms with Crippen LogP contribution in [0, 0.1) is 0 Å². The normalized spacial score (nSPS) is 13.9. The third kappa shape index (κ3) is 2.18. The van der Waals surface area contributed by atoms with Crippen molar-refractivity contribution in [2.75, 3.05) is 6.54 Å². The summed E-state index contributed by atoms with van der Waals surface area (Å²) in [6.45, 7) is 1.17. The lowest BCUT2D eigenvalue weighted by Gasteiger charge is -2.25. The molecule has 110 valence electrons. The van der Waals surface area contributed by atoms with Gasteiger partial charge in [0.1, 0.15) is 0 Å². The molecule has 1 aromatic carbocycles. The summed E-state index contributed by atoms with van der Waals surface area (Å²) in [6, 6.07) is 11.3. The van der Waals surface area contributed by atoms with Gasteiger partial charge in [-0.15, -0.1) is 0 Å². The molecule has 3 aromatic rings. The Labute approximate surface area is 126 Å². The van der Waals surface area contributed by atoms with Crippen LogP contribution in [0.15, 0.2) is 47.2 Å². The minimum absolute atomic E-state index is 0.119. The minimum Gasteiger partial charge on any atom is -0.355 e. The van der Waals surface area contributed by atoms with Gasteiger partial charge >= 0.3 is 0 Å². The van der Waals surface area contributed by atoms with E-state index in [0.717, 1.165) is 23.4 Å². The molecule has 0 atom stereocenters. The average Bonchev–Trinajstić information content (AvgIpc) is 3.23. The number of nitrogens with one attached hydrogen (secondary N) is 1. The van der Waals surface area contributed by atoms with Gasteiger partial charge in [-0.3, -0.25) is 4.79 Å². The van der Waals surface area contributed by atoms with Crippen molar-refractivity contribution in [3.63, 3.8) is 0 Å². The van der Waals surface area contributed by atoms with E-state index >= 15 is 0 Å². The number of aromatic nitrogens is 3. The molecule has 0 unspecified atom stereocenters. The largest absolute Gasteiger partial charge is 0.355 e. The number of amides is 1. The van der Waals surface area contributed by atoms with Crippen molar-refractivity contribution < 1.29 is 9.32 Å². The summed E-state index contributed by atoms with van der Waals surface area (Å²) >= 11 is 0. The van der Waals surface area contributed by atoms with Crippen molar-refractivity contribution in [2.45, 2.75) is 13.0 Å². The first-order valence-electron chi connectivity index (χ1n) is 7.14. The molecule has 22 heavy (non-hydrogen) atoms. The number of aromatic amines is 1. The van der Waals surface area contributed by atoms with E-state index in [9.17, 15) is 4.79 Å². The molecule has 6 nitrogen and oxygen atoms in total. The monoisotopic (exact) mass is 294 g/mol. The Hall–Kier alpha value is -2.89. The molecule has 0 radical (unpaired) electrons. The molecule has 0 spiro atoms. The van der Waals surface area contributed by atoms with Gasteiger partial charge in [0.05, 0.1) is 24.3 Å². The Morgan fingerprint density at radius 3 is 3.00 bits per heavy atom. The van der Waals surface area contributed by atoms with Crippen molar-refractivity contribution in [1.29, 1.82) is 0 Å². The quantitative estimate of drug-likeness (QED) is 0.786. The van der Waals surface area contributed by atoms with Crippen molar-refractivity contribution >= 4 is 5.91 Å². The highest BCUT2D eigenvalue weighted by Crippen LogP contribution is 2.22. The molecular formula is C16H14N4O2. The van der Waals surface area contributed by atoms with Crippen molar-refractivity contribution in [1.82, 2.24) is 20.0 Å². The van der Waals surface area contributed by atoms with E-state index in [2.05, 4.69) is 15.1 Å². The number of carbonyl (C=O) groups excluding carboxylic acids is 1. The predicted molar refractivity (Wildman–Crippen MR) is 79.0 cm³/mol. The van der Waals surface area contributed by atoms with Gasteiger partial charge in [-0.25, -0.2) is 4.98 Å². The maximum atomic E-state index is 12.5. The number of hydrogen-bond acceptors (Lipinski definition) is 4. The van der Waals surface area contributed by atoms with Crippen LogP contribution >= 0.6 is 0 Å². The number of H-pyrrole nitrogens is 1. The van der Waals surface area contributed by atoms with E-state index in [1.165, 1.54) is 0 Å². The first-order valence-corrected chi connectivity index (χ1v) is 7.14. The first-order chi connectivity index (χ1) is 10.8. The Balaban J connectivity index is 1.56. The maximum Gasteiger partial charge on any atom is 0.276 e. The van der Waals surface area contributed by atoms with Gasteiger partial charge in [-0.05, 0) is 0 Å². The molecule has 6 heteroatoms. The number of nitrogens with zero attached hydrogens (tertiary/aromatic N) is 3. The molecule has 0 bridgehead atoms. The molecule has 1 aliphatic heterocycles. The van der Waals surface area contributed by atoms with E-state index in [1.807, 2.05) is 30.3 Å². The molecule has 0 aliphatic carbocycles. The molecule has 1 N–H and O–H groups in total. The molecule has 0 saturated heterocycles. The van der Waals surface area contributed by atoms with Crippen molar-refractivity contribution in [3.8, 4) is 11.3 Å². The van der Waals surface area contributed by atoms with E-state index in [4.69, 9.17) is 4.52 Å². The van der Waals surface area contributed by atoms with E-state index < -0.39 is 0 Å². The van der Waals surface area contributed by atoms with Gasteiger partial charge in [0.15, 0.2) is 11.5 Å². The zero-order chi connectivity index (χ0) is 14.9. The van der Waals surface area contributed by atoms with Crippen molar-refractivity contribution in [2.24, 2.45) is 0 Å². The highest BCUT2D eigenvalue weighted by atomic mass is 16.5. The number of benzene rings is 1. The fraction of sp³-hybridized carbons (Fsp3) is 0.188. The number of fused-ring (bicyclic) bond motifs is 1. The Kier molecular flexibility index (Phi) is 3.00. The topological polar surface area (TPSA) is 75.0 Å². The standard InChI is InChI=1S/C16H14N4O2/c21-16(20-7-6-12-14(9-20)18-10-17-12)13-8-15(22-19-13)11-4-2-1-3-5-11/h1-5,8,10H,6-7,9H2,(H,17,18). The number of carbonyl (C=O) groups is 1. The molecule has 1 aliphatic rings. The summed E-state index contributed by atoms with van der Waals surface area (Å²) in [7, 11) is 0. The Bertz CT molecular complexity index is 806. The van der Waals surface area contributed by atoms with Gasteiger partial charge in [-0.2, -0.15) is 0 Å². The highest BCUT2D eigenvalue weighted by molar-refractivity contribution is 5.93. The van der Waals surface area contributed by atoms with Crippen LogP contribution in [-0.2, 0) is 13.0 Å². The molecule has 4 rings (SSSR count). The van der Waals surface area contributed by atoms with Crippen LogP contribution in [0.2, 0.25) is 0 Å². The minimum atomic E-state index is -0.119. The van der Waals surface area contributed by atoms with Gasteiger partial charge < -0.3 is 14.4 Å². The van der Waals surface area contributed by atoms with Gasteiger partial charge in [0.2, 0.25) is 0 Å². The zero-order valence-corrected chi connectivity index (χ0v) is 11.8. The second-order valence-electron chi connectivity index (χ2n) is 5.25. The summed E-state index contributed by atoms with van der Waals surface area (Å²) in [4.78, 5) is 21.6. The fourth-order valence-corrected chi connectivity index (χ4v) is 2.66. The van der Waals surface area contributed by atoms with Crippen LogP contribution in [0.5, 0.6) is 0 Å². The smallest absolute Gasteiger partial charge is 0.276 e. The Morgan fingerprint density at radius 1 is 1.27 bits per heavy atom. The Morgan fingerprint density at radius 2 is 2.14 bits per heavy atom. The third-order valence-electron chi connectivity index (χ3n) is 3.85. The highest BCUT2D eigenvalue weighted by Gasteiger charge is 2.25. The van der Waals surface area contributed by atoms with Gasteiger partial charge in [0, 0.05) is 24.6 Å². The molecule has 1 amide bonds. The van der Waals surface area contributed by atoms with E-state index in [0.29, 0.717) is 24.5 Å². The lowest BCUT2D eigenvalue weighted by molar-refractivity contribution is 0.0721. The van der Waals surface area contributed by atoms with Crippen LogP contribution in [0.25, 0.3) is 11.3 Å². The molecule has 0 saturated carbocycles. The number of imidazole rings is 1. The SMILES string of the molecule is O=C(c1cc(-c2ccccc2)on1)N1CCc2nc[nH]c2C1. The predicted octanol–water partition coefficient (Wildman–Crippen LogP) is 2.26. The van der Waals surface area contributed by atoms with Crippen LogP contribution in [0.4, 0.5) is 0 Å². The average molecular weight is 294 g/mol. The second kappa shape index (κ2) is 5.14. The van der Waals surface area contributed by atoms with Crippen LogP contribution in [0.1, 0.15) is 21.9 Å². The van der Waals surface area contributed by atoms with Crippen LogP contribution in [-0.4, -0.2) is 32.5 Å². The lowest BCUT2D eigenvalue weighted by Crippen LogP contribution is -2.36. The fourth-order valence-electron chi connectivity index (χ4n) is 2.66. The summed E-state index contributed by atoms with van der Waals surface area (Å²) in [5.41, 5.74) is 3.27. The second-order valence-corrected chi connectivity index (χ2v) is 5.25.